The molecule has 73 heavy (non-hydrogen) atoms. The van der Waals surface area contributed by atoms with Crippen molar-refractivity contribution in [2.24, 2.45) is 0 Å². The van der Waals surface area contributed by atoms with Gasteiger partial charge in [0.2, 0.25) is 0 Å². The Labute approximate surface area is 398 Å². The molecule has 2 nitrogen and oxygen atoms in total. The van der Waals surface area contributed by atoms with E-state index in [1.54, 1.807) is 313 Å². The minimum absolute atomic E-state index is 0.138. The summed E-state index contributed by atoms with van der Waals surface area (Å²) in [5.74, 6) is 0. The van der Waals surface area contributed by atoms with Gasteiger partial charge in [0, 0.05) is 23.6 Å². The van der Waals surface area contributed by atoms with Crippen LogP contribution < -0.4 is 0 Å². The highest BCUT2D eigenvalue weighted by atomic mass is 15.2. The van der Waals surface area contributed by atoms with Gasteiger partial charge in [-0.05, 0) is 332 Å². The summed E-state index contributed by atoms with van der Waals surface area (Å²) in [5, 5.41) is 91.7. The van der Waals surface area contributed by atoms with Gasteiger partial charge < -0.3 is 4.98 Å². The quantitative estimate of drug-likeness (QED) is 0.163. The van der Waals surface area contributed by atoms with E-state index < -0.39 is 0 Å². The van der Waals surface area contributed by atoms with Gasteiger partial charge in [0.15, 0.2) is 0 Å². The van der Waals surface area contributed by atoms with Crippen LogP contribution in [0.5, 0.6) is 0 Å². The molecular formula is C71H12N2. The van der Waals surface area contributed by atoms with E-state index in [9.17, 15) is 0 Å². The third-order valence-corrected chi connectivity index (χ3v) is 26.8. The molecule has 1 aromatic heterocycles. The summed E-state index contributed by atoms with van der Waals surface area (Å²) in [4.78, 5) is 6.91. The van der Waals surface area contributed by atoms with Gasteiger partial charge in [0.05, 0.1) is 16.9 Å². The molecule has 0 radical (unpaired) electrons. The lowest BCUT2D eigenvalue weighted by molar-refractivity contribution is 0.273. The summed E-state index contributed by atoms with van der Waals surface area (Å²) in [5.41, 5.74) is 9.26. The van der Waals surface area contributed by atoms with Crippen molar-refractivity contribution in [3.8, 4) is 0 Å². The van der Waals surface area contributed by atoms with Crippen molar-refractivity contribution in [3.05, 3.63) is 58.3 Å². The third kappa shape index (κ3) is 1.45. The van der Waals surface area contributed by atoms with Crippen molar-refractivity contribution >= 4 is 302 Å². The smallest absolute Gasteiger partial charge is 0.0575 e. The number of hydrogen-bond acceptors (Lipinski definition) is 1. The Morgan fingerprint density at radius 1 is 0.315 bits per heavy atom. The molecule has 1 fully saturated rings. The molecule has 1 saturated heterocycles. The van der Waals surface area contributed by atoms with Gasteiger partial charge in [-0.25, -0.2) is 0 Å². The predicted molar refractivity (Wildman–Crippen MR) is 308 cm³/mol. The summed E-state index contributed by atoms with van der Waals surface area (Å²) in [6.07, 6.45) is 2.50. The largest absolute Gasteiger partial charge is 0.361 e. The van der Waals surface area contributed by atoms with Crippen molar-refractivity contribution in [3.63, 3.8) is 0 Å². The van der Waals surface area contributed by atoms with Crippen LogP contribution in [0.2, 0.25) is 0 Å². The van der Waals surface area contributed by atoms with Crippen LogP contribution in [0, 0.1) is 0 Å². The molecule has 0 amide bonds. The fraction of sp³-hybridized carbons (Fsp3) is 0.0704. The molecule has 0 bridgehead atoms. The molecule has 2 heterocycles. The summed E-state index contributed by atoms with van der Waals surface area (Å²) >= 11 is 0. The van der Waals surface area contributed by atoms with E-state index in [1.165, 1.54) is 16.5 Å². The molecule has 1 atom stereocenters. The van der Waals surface area contributed by atoms with E-state index >= 15 is 0 Å². The summed E-state index contributed by atoms with van der Waals surface area (Å²) in [6, 6.07) is 9.50. The second-order valence-corrected chi connectivity index (χ2v) is 27.1. The Hall–Kier alpha value is -8.82. The molecule has 1 aliphatic heterocycles. The first-order valence-electron chi connectivity index (χ1n) is 27.4. The summed E-state index contributed by atoms with van der Waals surface area (Å²) in [7, 11) is 2.58. The van der Waals surface area contributed by atoms with E-state index in [2.05, 4.69) is 47.4 Å². The molecule has 0 saturated carbocycles. The minimum atomic E-state index is -0.335. The molecule has 2 heteroatoms. The maximum absolute atomic E-state index is 3.95. The Morgan fingerprint density at radius 3 is 0.822 bits per heavy atom. The number of likely N-dealkylation sites (N-methyl/N-ethyl adjacent to an activating group) is 1. The van der Waals surface area contributed by atoms with Crippen molar-refractivity contribution in [1.29, 1.82) is 0 Å². The number of aromatic nitrogens is 1. The number of para-hydroxylation sites is 1. The number of benzene rings is 19. The molecule has 1 N–H and O–H groups in total. The second kappa shape index (κ2) is 6.16. The first-order valence-corrected chi connectivity index (χ1v) is 27.4. The normalized spacial score (nSPS) is 23.5. The van der Waals surface area contributed by atoms with Crippen LogP contribution in [0.3, 0.4) is 0 Å². The van der Waals surface area contributed by atoms with Crippen LogP contribution >= 0.6 is 0 Å². The van der Waals surface area contributed by atoms with Gasteiger partial charge >= 0.3 is 0 Å². The van der Waals surface area contributed by atoms with Gasteiger partial charge in [-0.15, -0.1) is 0 Å². The number of fused-ring (bicyclic) bond motifs is 1. The fourth-order valence-electron chi connectivity index (χ4n) is 26.8. The average Bonchev–Trinajstić information content (AvgIpc) is 4.24. The van der Waals surface area contributed by atoms with Crippen molar-refractivity contribution in [1.82, 2.24) is 9.88 Å². The Bertz CT molecular complexity index is 7530. The highest BCUT2D eigenvalue weighted by molar-refractivity contribution is 6.82. The van der Waals surface area contributed by atoms with E-state index in [4.69, 9.17) is 0 Å². The average molecular weight is 893 g/mol. The predicted octanol–water partition coefficient (Wildman–Crippen LogP) is 18.5. The van der Waals surface area contributed by atoms with Gasteiger partial charge in [-0.3, -0.25) is 4.90 Å². The molecule has 30 aromatic rings. The summed E-state index contributed by atoms with van der Waals surface area (Å²) in [6.45, 7) is 1.03. The number of nitrogens with one attached hydrogen (secondary N) is 1. The maximum atomic E-state index is 3.95. The number of hydrogen-bond donors (Lipinski definition) is 1. The van der Waals surface area contributed by atoms with Crippen LogP contribution in [0.4, 0.5) is 0 Å². The number of H-pyrrole nitrogens is 1. The van der Waals surface area contributed by atoms with E-state index in [0.29, 0.717) is 0 Å². The first kappa shape index (κ1) is 27.1. The number of nitrogens with zero attached hydrogens (tertiary/aromatic N) is 1. The lowest BCUT2D eigenvalue weighted by Gasteiger charge is -2.52. The molecule has 5 aliphatic rings. The van der Waals surface area contributed by atoms with Crippen molar-refractivity contribution < 1.29 is 0 Å². The zero-order valence-electron chi connectivity index (χ0n) is 37.6. The maximum Gasteiger partial charge on any atom is 0.0575 e. The van der Waals surface area contributed by atoms with Gasteiger partial charge in [0.1, 0.15) is 0 Å². The molecule has 35 rings (SSSR count). The van der Waals surface area contributed by atoms with Crippen LogP contribution in [0.25, 0.3) is 302 Å². The number of likely N-dealkylation sites (tertiary alicyclic amines) is 1. The molecule has 4 aliphatic carbocycles. The molecular weight excluding hydrogens is 881 g/mol. The molecule has 306 valence electrons. The van der Waals surface area contributed by atoms with Crippen LogP contribution in [0.15, 0.2) is 30.5 Å². The second-order valence-electron chi connectivity index (χ2n) is 27.1. The third-order valence-electron chi connectivity index (χ3n) is 26.8. The van der Waals surface area contributed by atoms with Crippen molar-refractivity contribution in [2.45, 2.75) is 16.9 Å². The summed E-state index contributed by atoms with van der Waals surface area (Å²) < 4.78 is 0. The van der Waals surface area contributed by atoms with Crippen molar-refractivity contribution in [2.75, 3.05) is 13.6 Å². The minimum Gasteiger partial charge on any atom is -0.361 e. The number of rotatable bonds is 1. The standard InChI is InChI=1S/C71H12N2/c1-73-7-70-65-57-49-39-29-21-13-11-12-15-19-17(13)25-33-27(19)37-31-23(15)24-16(12)20-18-14(11)22(21)30-36-26(18)34-28(20)38-32(24)42-41(31)53-47(37)55-45(33)51(43(49)35(25)29)59(65)61(55)67-63(53)64-54(42)48(38)56-46(34)52-44(36)50(40(30)39)58(57)66(70)60(52)62(56)68(64)71(67,70)69(73)9-6-72-10-5-3-2-4-8(9)10/h2-6,69,72H,7H2,1H3. The van der Waals surface area contributed by atoms with E-state index in [1.807, 2.05) is 0 Å². The van der Waals surface area contributed by atoms with E-state index in [-0.39, 0.29) is 16.9 Å². The van der Waals surface area contributed by atoms with Crippen LogP contribution in [0.1, 0.15) is 33.9 Å². The Morgan fingerprint density at radius 2 is 0.548 bits per heavy atom. The monoisotopic (exact) mass is 892 g/mol. The van der Waals surface area contributed by atoms with Crippen LogP contribution in [-0.4, -0.2) is 23.5 Å². The first-order chi connectivity index (χ1) is 36.3. The van der Waals surface area contributed by atoms with E-state index in [0.717, 1.165) is 6.54 Å². The van der Waals surface area contributed by atoms with Crippen LogP contribution in [-0.2, 0) is 10.8 Å². The fourth-order valence-corrected chi connectivity index (χ4v) is 26.8. The molecule has 2 spiro atoms. The lowest BCUT2D eigenvalue weighted by atomic mass is 9.47. The SMILES string of the molecule is CN1CC23c4c5c6c7c8c9c(c%10c%11c2c2c4c4c%12c5c5c6c6c8c8c%13c9c9c%10c%10c%11c%11c2c2c4c4c%12c%12c5c5c6c8c6c8c%13c9c9c%10c%10c%11c2c2c4c4c%12c5c6c5c8c9c%10c2c45)C73C1c1c[nH]c2ccccc12. The van der Waals surface area contributed by atoms with Gasteiger partial charge in [0.25, 0.3) is 0 Å². The lowest BCUT2D eigenvalue weighted by Crippen LogP contribution is -2.51. The number of aromatic amines is 1. The van der Waals surface area contributed by atoms with Gasteiger partial charge in [-0.1, -0.05) is 18.2 Å². The Balaban J connectivity index is 1.14. The molecule has 29 aromatic carbocycles. The highest BCUT2D eigenvalue weighted by Crippen LogP contribution is 2.87. The zero-order valence-corrected chi connectivity index (χ0v) is 37.6. The Kier molecular flexibility index (Phi) is 2.29. The zero-order chi connectivity index (χ0) is 43.3. The topological polar surface area (TPSA) is 19.0 Å². The van der Waals surface area contributed by atoms with Gasteiger partial charge in [-0.2, -0.15) is 0 Å². The highest BCUT2D eigenvalue weighted by Gasteiger charge is 2.76. The molecule has 1 unspecified atom stereocenters.